The van der Waals surface area contributed by atoms with Gasteiger partial charge in [-0.2, -0.15) is 0 Å². The van der Waals surface area contributed by atoms with E-state index in [1.165, 1.54) is 0 Å². The maximum absolute atomic E-state index is 12.8. The Morgan fingerprint density at radius 2 is 1.86 bits per heavy atom. The quantitative estimate of drug-likeness (QED) is 0.452. The minimum Gasteiger partial charge on any atom is -0.496 e. The number of Topliss-reactive ketones (excluding diaryl/α,β-unsaturated/α-hetero) is 1. The second-order valence-corrected chi connectivity index (χ2v) is 7.37. The number of carbonyl (C=O) groups is 3. The molecule has 0 unspecified atom stereocenters. The lowest BCUT2D eigenvalue weighted by Crippen LogP contribution is -2.49. The SMILES string of the molecule is COc1ccc(C(=O)C2CCN([C@H]3CCN(C(=O)C(=N)N)C3=O)CC2)cc1C. The molecule has 2 aliphatic rings. The smallest absolute Gasteiger partial charge is 0.295 e. The average Bonchev–Trinajstić information content (AvgIpc) is 3.08. The van der Waals surface area contributed by atoms with Crippen LogP contribution >= 0.6 is 0 Å². The molecule has 150 valence electrons. The number of benzene rings is 1. The molecule has 1 atom stereocenters. The van der Waals surface area contributed by atoms with E-state index in [9.17, 15) is 14.4 Å². The number of nitrogens with two attached hydrogens (primary N) is 1. The second kappa shape index (κ2) is 8.10. The van der Waals surface area contributed by atoms with Crippen LogP contribution in [0.1, 0.15) is 35.2 Å². The number of methoxy groups -OCH3 is 1. The Balaban J connectivity index is 1.59. The van der Waals surface area contributed by atoms with Gasteiger partial charge in [-0.15, -0.1) is 0 Å². The van der Waals surface area contributed by atoms with E-state index in [1.54, 1.807) is 13.2 Å². The predicted molar refractivity (Wildman–Crippen MR) is 103 cm³/mol. The molecule has 2 fully saturated rings. The number of piperidine rings is 1. The molecular weight excluding hydrogens is 360 g/mol. The third-order valence-corrected chi connectivity index (χ3v) is 5.67. The van der Waals surface area contributed by atoms with Crippen molar-refractivity contribution in [1.29, 1.82) is 5.41 Å². The molecule has 0 bridgehead atoms. The molecule has 28 heavy (non-hydrogen) atoms. The number of carbonyl (C=O) groups excluding carboxylic acids is 3. The van der Waals surface area contributed by atoms with E-state index in [0.29, 0.717) is 37.9 Å². The van der Waals surface area contributed by atoms with Crippen molar-refractivity contribution in [1.82, 2.24) is 9.80 Å². The number of nitrogens with one attached hydrogen (secondary N) is 1. The molecule has 1 aromatic carbocycles. The van der Waals surface area contributed by atoms with Gasteiger partial charge in [-0.05, 0) is 63.0 Å². The van der Waals surface area contributed by atoms with Crippen LogP contribution in [0, 0.1) is 18.3 Å². The summed E-state index contributed by atoms with van der Waals surface area (Å²) in [6.07, 6.45) is 1.89. The van der Waals surface area contributed by atoms with E-state index in [0.717, 1.165) is 16.2 Å². The van der Waals surface area contributed by atoms with Crippen molar-refractivity contribution in [3.63, 3.8) is 0 Å². The summed E-state index contributed by atoms with van der Waals surface area (Å²) >= 11 is 0. The first-order chi connectivity index (χ1) is 13.3. The van der Waals surface area contributed by atoms with Crippen molar-refractivity contribution >= 4 is 23.4 Å². The van der Waals surface area contributed by atoms with Gasteiger partial charge in [-0.25, -0.2) is 0 Å². The molecule has 3 rings (SSSR count). The molecule has 0 radical (unpaired) electrons. The number of amidine groups is 1. The van der Waals surface area contributed by atoms with Crippen molar-refractivity contribution in [2.75, 3.05) is 26.7 Å². The van der Waals surface area contributed by atoms with Crippen molar-refractivity contribution in [2.24, 2.45) is 11.7 Å². The van der Waals surface area contributed by atoms with E-state index < -0.39 is 11.7 Å². The molecule has 0 saturated carbocycles. The zero-order chi connectivity index (χ0) is 20.4. The highest BCUT2D eigenvalue weighted by Crippen LogP contribution is 2.28. The summed E-state index contributed by atoms with van der Waals surface area (Å²) in [7, 11) is 1.61. The van der Waals surface area contributed by atoms with Gasteiger partial charge in [0.05, 0.1) is 13.2 Å². The number of likely N-dealkylation sites (tertiary alicyclic amines) is 2. The number of nitrogens with zero attached hydrogens (tertiary/aromatic N) is 2. The number of ether oxygens (including phenoxy) is 1. The molecule has 2 aliphatic heterocycles. The molecule has 2 amide bonds. The van der Waals surface area contributed by atoms with Gasteiger partial charge in [0.25, 0.3) is 5.91 Å². The number of imide groups is 1. The number of hydrogen-bond acceptors (Lipinski definition) is 6. The van der Waals surface area contributed by atoms with Crippen molar-refractivity contribution < 1.29 is 19.1 Å². The van der Waals surface area contributed by atoms with Gasteiger partial charge in [0.15, 0.2) is 11.6 Å². The lowest BCUT2D eigenvalue weighted by atomic mass is 9.87. The zero-order valence-electron chi connectivity index (χ0n) is 16.2. The first-order valence-corrected chi connectivity index (χ1v) is 9.46. The van der Waals surface area contributed by atoms with Crippen LogP contribution < -0.4 is 10.5 Å². The molecule has 8 heteroatoms. The molecular formula is C20H26N4O4. The molecule has 0 spiro atoms. The van der Waals surface area contributed by atoms with E-state index >= 15 is 0 Å². The number of rotatable bonds is 4. The van der Waals surface area contributed by atoms with Crippen LogP contribution in [0.25, 0.3) is 0 Å². The Bertz CT molecular complexity index is 814. The zero-order valence-corrected chi connectivity index (χ0v) is 16.2. The summed E-state index contributed by atoms with van der Waals surface area (Å²) in [6, 6.07) is 5.10. The third-order valence-electron chi connectivity index (χ3n) is 5.67. The highest BCUT2D eigenvalue weighted by molar-refractivity contribution is 6.38. The van der Waals surface area contributed by atoms with Gasteiger partial charge in [-0.3, -0.25) is 29.6 Å². The van der Waals surface area contributed by atoms with E-state index in [-0.39, 0.29) is 30.2 Å². The van der Waals surface area contributed by atoms with Gasteiger partial charge >= 0.3 is 0 Å². The maximum Gasteiger partial charge on any atom is 0.295 e. The van der Waals surface area contributed by atoms with Crippen molar-refractivity contribution in [2.45, 2.75) is 32.2 Å². The molecule has 2 saturated heterocycles. The van der Waals surface area contributed by atoms with Crippen LogP contribution in [-0.2, 0) is 9.59 Å². The number of amides is 2. The van der Waals surface area contributed by atoms with Crippen molar-refractivity contribution in [3.8, 4) is 5.75 Å². The molecule has 1 aromatic rings. The fraction of sp³-hybridized carbons (Fsp3) is 0.500. The molecule has 2 heterocycles. The molecule has 8 nitrogen and oxygen atoms in total. The van der Waals surface area contributed by atoms with E-state index in [2.05, 4.69) is 0 Å². The van der Waals surface area contributed by atoms with Crippen LogP contribution in [0.5, 0.6) is 5.75 Å². The minimum absolute atomic E-state index is 0.0736. The highest BCUT2D eigenvalue weighted by atomic mass is 16.5. The lowest BCUT2D eigenvalue weighted by Gasteiger charge is -2.34. The fourth-order valence-corrected chi connectivity index (χ4v) is 4.09. The maximum atomic E-state index is 12.8. The minimum atomic E-state index is -0.729. The van der Waals surface area contributed by atoms with Crippen molar-refractivity contribution in [3.05, 3.63) is 29.3 Å². The molecule has 3 N–H and O–H groups in total. The lowest BCUT2D eigenvalue weighted by molar-refractivity contribution is -0.140. The number of aryl methyl sites for hydroxylation is 1. The van der Waals surface area contributed by atoms with Crippen LogP contribution in [0.3, 0.4) is 0 Å². The summed E-state index contributed by atoms with van der Waals surface area (Å²) in [5.74, 6) is -0.834. The second-order valence-electron chi connectivity index (χ2n) is 7.37. The standard InChI is InChI=1S/C20H26N4O4/c1-12-11-14(3-4-16(12)28-2)17(25)13-5-8-23(9-6-13)15-7-10-24(19(15)26)20(27)18(21)22/h3-4,11,13,15H,5-10H2,1-2H3,(H3,21,22)/t15-/m0/s1. The average molecular weight is 386 g/mol. The first kappa shape index (κ1) is 20.0. The Morgan fingerprint density at radius 3 is 2.43 bits per heavy atom. The van der Waals surface area contributed by atoms with Gasteiger partial charge in [0.1, 0.15) is 5.75 Å². The molecule has 0 aliphatic carbocycles. The molecule has 0 aromatic heterocycles. The Kier molecular flexibility index (Phi) is 5.79. The fourth-order valence-electron chi connectivity index (χ4n) is 4.09. The van der Waals surface area contributed by atoms with E-state index in [4.69, 9.17) is 15.9 Å². The topological polar surface area (TPSA) is 117 Å². The van der Waals surface area contributed by atoms with Crippen LogP contribution in [0.2, 0.25) is 0 Å². The summed E-state index contributed by atoms with van der Waals surface area (Å²) in [6.45, 7) is 3.46. The summed E-state index contributed by atoms with van der Waals surface area (Å²) < 4.78 is 5.25. The van der Waals surface area contributed by atoms with E-state index in [1.807, 2.05) is 24.0 Å². The highest BCUT2D eigenvalue weighted by Gasteiger charge is 2.41. The predicted octanol–water partition coefficient (Wildman–Crippen LogP) is 0.962. The van der Waals surface area contributed by atoms with Gasteiger partial charge in [0, 0.05) is 18.0 Å². The summed E-state index contributed by atoms with van der Waals surface area (Å²) in [5.41, 5.74) is 6.83. The van der Waals surface area contributed by atoms with Crippen LogP contribution in [0.4, 0.5) is 0 Å². The third kappa shape index (κ3) is 3.77. The Hall–Kier alpha value is -2.74. The van der Waals surface area contributed by atoms with Gasteiger partial charge in [-0.1, -0.05) is 0 Å². The number of hydrogen-bond donors (Lipinski definition) is 2. The normalized spacial score (nSPS) is 21.0. The van der Waals surface area contributed by atoms with Gasteiger partial charge in [0.2, 0.25) is 5.91 Å². The summed E-state index contributed by atoms with van der Waals surface area (Å²) in [4.78, 5) is 40.3. The Labute approximate surface area is 164 Å². The number of ketones is 1. The monoisotopic (exact) mass is 386 g/mol. The first-order valence-electron chi connectivity index (χ1n) is 9.46. The largest absolute Gasteiger partial charge is 0.496 e. The van der Waals surface area contributed by atoms with Gasteiger partial charge < -0.3 is 10.5 Å². The Morgan fingerprint density at radius 1 is 1.18 bits per heavy atom. The van der Waals surface area contributed by atoms with Crippen LogP contribution in [-0.4, -0.2) is 66.0 Å². The van der Waals surface area contributed by atoms with Crippen LogP contribution in [0.15, 0.2) is 18.2 Å². The summed E-state index contributed by atoms with van der Waals surface area (Å²) in [5, 5.41) is 7.24.